The number of rotatable bonds is 4. The summed E-state index contributed by atoms with van der Waals surface area (Å²) in [5.74, 6) is 0.445. The van der Waals surface area contributed by atoms with Crippen LogP contribution >= 0.6 is 23.8 Å². The lowest BCUT2D eigenvalue weighted by atomic mass is 10.2. The Bertz CT molecular complexity index is 773. The van der Waals surface area contributed by atoms with E-state index in [2.05, 4.69) is 10.6 Å². The molecule has 0 saturated heterocycles. The smallest absolute Gasteiger partial charge is 0.250 e. The second-order valence-corrected chi connectivity index (χ2v) is 5.83. The van der Waals surface area contributed by atoms with E-state index in [9.17, 15) is 4.79 Å². The average molecular weight is 361 g/mol. The van der Waals surface area contributed by atoms with Gasteiger partial charge in [-0.3, -0.25) is 10.1 Å². The predicted octanol–water partition coefficient (Wildman–Crippen LogP) is 4.18. The van der Waals surface area contributed by atoms with Crippen LogP contribution in [-0.2, 0) is 4.79 Å². The molecule has 0 fully saturated rings. The van der Waals surface area contributed by atoms with Gasteiger partial charge >= 0.3 is 0 Å². The second-order valence-electron chi connectivity index (χ2n) is 5.01. The second kappa shape index (κ2) is 8.47. The van der Waals surface area contributed by atoms with Gasteiger partial charge in [-0.25, -0.2) is 0 Å². The lowest BCUT2D eigenvalue weighted by Gasteiger charge is -2.09. The first-order chi connectivity index (χ1) is 11.5. The Morgan fingerprint density at radius 2 is 1.92 bits per heavy atom. The van der Waals surface area contributed by atoms with Crippen molar-refractivity contribution in [2.45, 2.75) is 6.92 Å². The molecule has 0 bridgehead atoms. The zero-order valence-electron chi connectivity index (χ0n) is 13.3. The fourth-order valence-electron chi connectivity index (χ4n) is 1.87. The van der Waals surface area contributed by atoms with E-state index in [4.69, 9.17) is 28.6 Å². The molecule has 0 radical (unpaired) electrons. The van der Waals surface area contributed by atoms with Gasteiger partial charge in [0, 0.05) is 16.8 Å². The number of hydrogen-bond acceptors (Lipinski definition) is 3. The minimum atomic E-state index is -0.318. The first-order valence-corrected chi connectivity index (χ1v) is 7.97. The summed E-state index contributed by atoms with van der Waals surface area (Å²) in [4.78, 5) is 11.9. The molecule has 2 aromatic carbocycles. The van der Waals surface area contributed by atoms with Crippen molar-refractivity contribution in [3.63, 3.8) is 0 Å². The van der Waals surface area contributed by atoms with E-state index < -0.39 is 0 Å². The molecule has 0 atom stereocenters. The summed E-state index contributed by atoms with van der Waals surface area (Å²) in [6.07, 6.45) is 3.11. The molecule has 2 N–H and O–H groups in total. The molecule has 2 rings (SSSR count). The van der Waals surface area contributed by atoms with Crippen LogP contribution in [0.15, 0.2) is 48.5 Å². The third-order valence-corrected chi connectivity index (χ3v) is 3.82. The van der Waals surface area contributed by atoms with Gasteiger partial charge in [-0.05, 0) is 60.6 Å². The SMILES string of the molecule is COc1ccc(/C=C/C(=O)NC(=S)Nc2ccc(C)c(Cl)c2)cc1. The van der Waals surface area contributed by atoms with Crippen LogP contribution in [0.4, 0.5) is 5.69 Å². The largest absolute Gasteiger partial charge is 0.497 e. The molecule has 0 spiro atoms. The number of aryl methyl sites for hydroxylation is 1. The zero-order valence-corrected chi connectivity index (χ0v) is 14.9. The van der Waals surface area contributed by atoms with Crippen molar-refractivity contribution in [2.75, 3.05) is 12.4 Å². The van der Waals surface area contributed by atoms with Gasteiger partial charge in [-0.1, -0.05) is 29.8 Å². The van der Waals surface area contributed by atoms with Gasteiger partial charge in [0.2, 0.25) is 5.91 Å². The Morgan fingerprint density at radius 3 is 2.54 bits per heavy atom. The number of hydrogen-bond donors (Lipinski definition) is 2. The number of nitrogens with one attached hydrogen (secondary N) is 2. The van der Waals surface area contributed by atoms with Crippen molar-refractivity contribution in [1.82, 2.24) is 5.32 Å². The highest BCUT2D eigenvalue weighted by Crippen LogP contribution is 2.19. The van der Waals surface area contributed by atoms with Crippen LogP contribution in [0, 0.1) is 6.92 Å². The highest BCUT2D eigenvalue weighted by Gasteiger charge is 2.03. The molecule has 124 valence electrons. The number of halogens is 1. The number of carbonyl (C=O) groups excluding carboxylic acids is 1. The minimum absolute atomic E-state index is 0.208. The number of thiocarbonyl (C=S) groups is 1. The van der Waals surface area contributed by atoms with E-state index in [1.54, 1.807) is 19.3 Å². The first-order valence-electron chi connectivity index (χ1n) is 7.18. The van der Waals surface area contributed by atoms with Crippen LogP contribution in [0.5, 0.6) is 5.75 Å². The van der Waals surface area contributed by atoms with Gasteiger partial charge in [-0.2, -0.15) is 0 Å². The van der Waals surface area contributed by atoms with Crippen molar-refractivity contribution in [2.24, 2.45) is 0 Å². The highest BCUT2D eigenvalue weighted by molar-refractivity contribution is 7.80. The van der Waals surface area contributed by atoms with Gasteiger partial charge in [0.15, 0.2) is 5.11 Å². The number of benzene rings is 2. The van der Waals surface area contributed by atoms with E-state index in [0.29, 0.717) is 5.02 Å². The van der Waals surface area contributed by atoms with Crippen molar-refractivity contribution >= 4 is 46.6 Å². The van der Waals surface area contributed by atoms with Crippen LogP contribution in [0.3, 0.4) is 0 Å². The molecule has 6 heteroatoms. The van der Waals surface area contributed by atoms with Crippen LogP contribution in [-0.4, -0.2) is 18.1 Å². The van der Waals surface area contributed by atoms with Crippen LogP contribution < -0.4 is 15.4 Å². The summed E-state index contributed by atoms with van der Waals surface area (Å²) in [5, 5.41) is 6.34. The maximum Gasteiger partial charge on any atom is 0.250 e. The molecule has 0 aliphatic heterocycles. The van der Waals surface area contributed by atoms with Crippen molar-refractivity contribution in [3.8, 4) is 5.75 Å². The summed E-state index contributed by atoms with van der Waals surface area (Å²) in [7, 11) is 1.60. The Morgan fingerprint density at radius 1 is 1.21 bits per heavy atom. The molecule has 1 amide bonds. The fraction of sp³-hybridized carbons (Fsp3) is 0.111. The number of amides is 1. The van der Waals surface area contributed by atoms with E-state index in [1.165, 1.54) is 6.08 Å². The van der Waals surface area contributed by atoms with E-state index in [0.717, 1.165) is 22.6 Å². The van der Waals surface area contributed by atoms with Crippen molar-refractivity contribution in [1.29, 1.82) is 0 Å². The molecule has 24 heavy (non-hydrogen) atoms. The quantitative estimate of drug-likeness (QED) is 0.634. The van der Waals surface area contributed by atoms with Crippen molar-refractivity contribution in [3.05, 3.63) is 64.7 Å². The first kappa shape index (κ1) is 18.0. The maximum absolute atomic E-state index is 11.9. The molecule has 0 aromatic heterocycles. The monoisotopic (exact) mass is 360 g/mol. The third kappa shape index (κ3) is 5.37. The Kier molecular flexibility index (Phi) is 6.35. The number of methoxy groups -OCH3 is 1. The number of ether oxygens (including phenoxy) is 1. The number of anilines is 1. The normalized spacial score (nSPS) is 10.5. The fourth-order valence-corrected chi connectivity index (χ4v) is 2.27. The standard InChI is InChI=1S/C18H17ClN2O2S/c1-12-3-7-14(11-16(12)19)20-18(24)21-17(22)10-6-13-4-8-15(23-2)9-5-13/h3-11H,1-2H3,(H2,20,21,22,24)/b10-6+. The minimum Gasteiger partial charge on any atom is -0.497 e. The summed E-state index contributed by atoms with van der Waals surface area (Å²) in [6.45, 7) is 1.91. The van der Waals surface area contributed by atoms with E-state index >= 15 is 0 Å². The summed E-state index contributed by atoms with van der Waals surface area (Å²) in [5.41, 5.74) is 2.57. The lowest BCUT2D eigenvalue weighted by Crippen LogP contribution is -2.32. The topological polar surface area (TPSA) is 50.4 Å². The Hall–Kier alpha value is -2.37. The molecule has 0 aliphatic rings. The summed E-state index contributed by atoms with van der Waals surface area (Å²) in [6, 6.07) is 12.8. The number of carbonyl (C=O) groups is 1. The molecule has 2 aromatic rings. The molecular formula is C18H17ClN2O2S. The zero-order chi connectivity index (χ0) is 17.5. The Balaban J connectivity index is 1.89. The summed E-state index contributed by atoms with van der Waals surface area (Å²) >= 11 is 11.2. The highest BCUT2D eigenvalue weighted by atomic mass is 35.5. The van der Waals surface area contributed by atoms with E-state index in [-0.39, 0.29) is 11.0 Å². The van der Waals surface area contributed by atoms with Crippen LogP contribution in [0.2, 0.25) is 5.02 Å². The van der Waals surface area contributed by atoms with Crippen LogP contribution in [0.25, 0.3) is 6.08 Å². The molecule has 0 unspecified atom stereocenters. The molecule has 0 saturated carbocycles. The molecular weight excluding hydrogens is 344 g/mol. The van der Waals surface area contributed by atoms with Gasteiger partial charge in [0.05, 0.1) is 7.11 Å². The van der Waals surface area contributed by atoms with Gasteiger partial charge in [-0.15, -0.1) is 0 Å². The molecule has 4 nitrogen and oxygen atoms in total. The van der Waals surface area contributed by atoms with Crippen molar-refractivity contribution < 1.29 is 9.53 Å². The average Bonchev–Trinajstić information content (AvgIpc) is 2.56. The maximum atomic E-state index is 11.9. The van der Waals surface area contributed by atoms with E-state index in [1.807, 2.05) is 43.3 Å². The summed E-state index contributed by atoms with van der Waals surface area (Å²) < 4.78 is 5.08. The van der Waals surface area contributed by atoms with Gasteiger partial charge in [0.1, 0.15) is 5.75 Å². The molecule has 0 heterocycles. The predicted molar refractivity (Wildman–Crippen MR) is 103 cm³/mol. The molecule has 0 aliphatic carbocycles. The van der Waals surface area contributed by atoms with Gasteiger partial charge in [0.25, 0.3) is 0 Å². The van der Waals surface area contributed by atoms with Gasteiger partial charge < -0.3 is 10.1 Å². The third-order valence-electron chi connectivity index (χ3n) is 3.21. The lowest BCUT2D eigenvalue weighted by molar-refractivity contribution is -0.115. The Labute approximate surface area is 151 Å². The van der Waals surface area contributed by atoms with Crippen LogP contribution in [0.1, 0.15) is 11.1 Å².